The van der Waals surface area contributed by atoms with Gasteiger partial charge in [0, 0.05) is 20.2 Å². The third-order valence-electron chi connectivity index (χ3n) is 3.53. The molecule has 0 spiro atoms. The van der Waals surface area contributed by atoms with Crippen molar-refractivity contribution in [1.29, 1.82) is 0 Å². The zero-order valence-electron chi connectivity index (χ0n) is 10.8. The lowest BCUT2D eigenvalue weighted by Gasteiger charge is -2.46. The van der Waals surface area contributed by atoms with E-state index in [2.05, 4.69) is 15.9 Å². The van der Waals surface area contributed by atoms with E-state index in [0.717, 1.165) is 15.7 Å². The molecule has 0 unspecified atom stereocenters. The fraction of sp³-hybridized carbons (Fsp3) is 0.133. The molecular weight excluding hydrogens is 375 g/mol. The molecule has 1 fully saturated rings. The number of hydrogen-bond donors (Lipinski definition) is 1. The number of rotatable bonds is 2. The summed E-state index contributed by atoms with van der Waals surface area (Å²) in [5.74, 6) is -0.117. The highest BCUT2D eigenvalue weighted by Gasteiger charge is 2.47. The smallest absolute Gasteiger partial charge is 0.247 e. The minimum Gasteiger partial charge on any atom is -0.318 e. The standard InChI is InChI=1S/C15H11BrCl2N2O/c16-8-1-4-10(5-2-8)20-14(13(19)15(20)21)11-6-3-9(17)7-12(11)18/h1-7,13-14H,19H2/t13-,14+/m1/s1. The summed E-state index contributed by atoms with van der Waals surface area (Å²) in [6.45, 7) is 0. The van der Waals surface area contributed by atoms with Crippen LogP contribution in [0.15, 0.2) is 46.9 Å². The number of hydrogen-bond acceptors (Lipinski definition) is 2. The zero-order valence-corrected chi connectivity index (χ0v) is 13.9. The Morgan fingerprint density at radius 2 is 1.76 bits per heavy atom. The lowest BCUT2D eigenvalue weighted by Crippen LogP contribution is -2.63. The van der Waals surface area contributed by atoms with Crippen molar-refractivity contribution in [1.82, 2.24) is 0 Å². The summed E-state index contributed by atoms with van der Waals surface area (Å²) < 4.78 is 0.949. The predicted octanol–water partition coefficient (Wildman–Crippen LogP) is 4.17. The lowest BCUT2D eigenvalue weighted by molar-refractivity contribution is -0.126. The lowest BCUT2D eigenvalue weighted by atomic mass is 9.88. The monoisotopic (exact) mass is 384 g/mol. The number of β-lactam (4-membered cyclic amide) rings is 1. The Kier molecular flexibility index (Phi) is 3.97. The van der Waals surface area contributed by atoms with Crippen molar-refractivity contribution in [3.63, 3.8) is 0 Å². The average Bonchev–Trinajstić information content (AvgIpc) is 2.46. The first-order valence-corrected chi connectivity index (χ1v) is 7.83. The summed E-state index contributed by atoms with van der Waals surface area (Å²) in [4.78, 5) is 13.8. The Balaban J connectivity index is 2.00. The van der Waals surface area contributed by atoms with E-state index in [4.69, 9.17) is 28.9 Å². The maximum Gasteiger partial charge on any atom is 0.247 e. The third kappa shape index (κ3) is 2.57. The fourth-order valence-corrected chi connectivity index (χ4v) is 3.26. The Bertz CT molecular complexity index is 705. The van der Waals surface area contributed by atoms with Crippen LogP contribution in [0.5, 0.6) is 0 Å². The molecule has 0 radical (unpaired) electrons. The first-order valence-electron chi connectivity index (χ1n) is 6.28. The summed E-state index contributed by atoms with van der Waals surface area (Å²) in [5.41, 5.74) is 7.57. The molecule has 1 aliphatic rings. The quantitative estimate of drug-likeness (QED) is 0.788. The molecule has 2 N–H and O–H groups in total. The van der Waals surface area contributed by atoms with E-state index in [1.165, 1.54) is 0 Å². The fourth-order valence-electron chi connectivity index (χ4n) is 2.47. The Labute approximate surface area is 140 Å². The maximum atomic E-state index is 12.1. The van der Waals surface area contributed by atoms with Gasteiger partial charge in [-0.3, -0.25) is 4.79 Å². The molecule has 2 aromatic carbocycles. The van der Waals surface area contributed by atoms with Crippen LogP contribution in [-0.4, -0.2) is 11.9 Å². The van der Waals surface area contributed by atoms with Gasteiger partial charge < -0.3 is 10.6 Å². The largest absolute Gasteiger partial charge is 0.318 e. The third-order valence-corrected chi connectivity index (χ3v) is 4.62. The Morgan fingerprint density at radius 1 is 1.10 bits per heavy atom. The van der Waals surface area contributed by atoms with Gasteiger partial charge in [0.25, 0.3) is 0 Å². The molecular formula is C15H11BrCl2N2O. The van der Waals surface area contributed by atoms with Crippen molar-refractivity contribution >= 4 is 50.7 Å². The van der Waals surface area contributed by atoms with Crippen molar-refractivity contribution in [2.45, 2.75) is 12.1 Å². The number of carbonyl (C=O) groups is 1. The van der Waals surface area contributed by atoms with E-state index in [1.54, 1.807) is 17.0 Å². The SMILES string of the molecule is N[C@H]1C(=O)N(c2ccc(Br)cc2)[C@H]1c1ccc(Cl)cc1Cl. The van der Waals surface area contributed by atoms with Gasteiger partial charge in [-0.1, -0.05) is 45.2 Å². The highest BCUT2D eigenvalue weighted by Crippen LogP contribution is 2.41. The van der Waals surface area contributed by atoms with Crippen LogP contribution in [0.3, 0.4) is 0 Å². The van der Waals surface area contributed by atoms with Gasteiger partial charge in [0.1, 0.15) is 6.04 Å². The highest BCUT2D eigenvalue weighted by atomic mass is 79.9. The number of benzene rings is 2. The van der Waals surface area contributed by atoms with Crippen LogP contribution >= 0.6 is 39.1 Å². The van der Waals surface area contributed by atoms with Gasteiger partial charge in [-0.15, -0.1) is 0 Å². The molecule has 21 heavy (non-hydrogen) atoms. The first kappa shape index (κ1) is 14.9. The van der Waals surface area contributed by atoms with Crippen LogP contribution in [0.25, 0.3) is 0 Å². The summed E-state index contributed by atoms with van der Waals surface area (Å²) >= 11 is 15.5. The molecule has 0 bridgehead atoms. The molecule has 2 aromatic rings. The Hall–Kier alpha value is -1.07. The number of nitrogens with zero attached hydrogens (tertiary/aromatic N) is 1. The minimum atomic E-state index is -0.590. The molecule has 1 heterocycles. The molecule has 1 amide bonds. The average molecular weight is 386 g/mol. The zero-order chi connectivity index (χ0) is 15.1. The normalized spacial score (nSPS) is 21.3. The van der Waals surface area contributed by atoms with E-state index in [0.29, 0.717) is 10.0 Å². The van der Waals surface area contributed by atoms with Crippen LogP contribution in [0.4, 0.5) is 5.69 Å². The van der Waals surface area contributed by atoms with Crippen LogP contribution in [0.1, 0.15) is 11.6 Å². The van der Waals surface area contributed by atoms with Gasteiger partial charge in [-0.2, -0.15) is 0 Å². The first-order chi connectivity index (χ1) is 9.99. The van der Waals surface area contributed by atoms with Gasteiger partial charge in [-0.25, -0.2) is 0 Å². The predicted molar refractivity (Wildman–Crippen MR) is 88.8 cm³/mol. The van der Waals surface area contributed by atoms with Crippen molar-refractivity contribution in [3.05, 3.63) is 62.5 Å². The van der Waals surface area contributed by atoms with E-state index >= 15 is 0 Å². The van der Waals surface area contributed by atoms with E-state index < -0.39 is 6.04 Å². The van der Waals surface area contributed by atoms with Crippen LogP contribution in [-0.2, 0) is 4.79 Å². The number of anilines is 1. The summed E-state index contributed by atoms with van der Waals surface area (Å²) in [6, 6.07) is 11.9. The molecule has 6 heteroatoms. The van der Waals surface area contributed by atoms with Crippen molar-refractivity contribution < 1.29 is 4.79 Å². The van der Waals surface area contributed by atoms with E-state index in [9.17, 15) is 4.79 Å². The van der Waals surface area contributed by atoms with Crippen molar-refractivity contribution in [2.75, 3.05) is 4.90 Å². The second kappa shape index (κ2) is 5.61. The van der Waals surface area contributed by atoms with Gasteiger partial charge in [0.05, 0.1) is 6.04 Å². The Morgan fingerprint density at radius 3 is 2.38 bits per heavy atom. The van der Waals surface area contributed by atoms with Crippen LogP contribution in [0.2, 0.25) is 10.0 Å². The van der Waals surface area contributed by atoms with Crippen LogP contribution < -0.4 is 10.6 Å². The van der Waals surface area contributed by atoms with Gasteiger partial charge in [0.15, 0.2) is 0 Å². The molecule has 0 aromatic heterocycles. The number of nitrogens with two attached hydrogens (primary N) is 1. The molecule has 1 saturated heterocycles. The van der Waals surface area contributed by atoms with Crippen LogP contribution in [0, 0.1) is 0 Å². The van der Waals surface area contributed by atoms with E-state index in [1.807, 2.05) is 30.3 Å². The second-order valence-electron chi connectivity index (χ2n) is 4.82. The minimum absolute atomic E-state index is 0.117. The number of halogens is 3. The number of carbonyl (C=O) groups excluding carboxylic acids is 1. The molecule has 3 rings (SSSR count). The molecule has 3 nitrogen and oxygen atoms in total. The molecule has 1 aliphatic heterocycles. The summed E-state index contributed by atoms with van der Waals surface area (Å²) in [5, 5.41) is 1.07. The highest BCUT2D eigenvalue weighted by molar-refractivity contribution is 9.10. The topological polar surface area (TPSA) is 46.3 Å². The second-order valence-corrected chi connectivity index (χ2v) is 6.58. The van der Waals surface area contributed by atoms with Crippen molar-refractivity contribution in [2.24, 2.45) is 5.73 Å². The molecule has 0 saturated carbocycles. The summed E-state index contributed by atoms with van der Waals surface area (Å²) in [7, 11) is 0. The molecule has 2 atom stereocenters. The maximum absolute atomic E-state index is 12.1. The van der Waals surface area contributed by atoms with Gasteiger partial charge in [0.2, 0.25) is 5.91 Å². The van der Waals surface area contributed by atoms with Gasteiger partial charge in [-0.05, 0) is 42.0 Å². The molecule has 108 valence electrons. The molecule has 0 aliphatic carbocycles. The van der Waals surface area contributed by atoms with Gasteiger partial charge >= 0.3 is 0 Å². The number of amides is 1. The van der Waals surface area contributed by atoms with Crippen molar-refractivity contribution in [3.8, 4) is 0 Å². The summed E-state index contributed by atoms with van der Waals surface area (Å²) in [6.07, 6.45) is 0. The van der Waals surface area contributed by atoms with E-state index in [-0.39, 0.29) is 11.9 Å².